The van der Waals surface area contributed by atoms with Gasteiger partial charge in [0.15, 0.2) is 0 Å². The molecule has 3 nitrogen and oxygen atoms in total. The summed E-state index contributed by atoms with van der Waals surface area (Å²) < 4.78 is 2.38. The van der Waals surface area contributed by atoms with E-state index in [1.54, 1.807) is 0 Å². The zero-order valence-corrected chi connectivity index (χ0v) is 12.8. The van der Waals surface area contributed by atoms with Crippen LogP contribution in [0.3, 0.4) is 0 Å². The fourth-order valence-electron chi connectivity index (χ4n) is 3.81. The van der Waals surface area contributed by atoms with E-state index in [1.165, 1.54) is 24.2 Å². The molecular formula is C17H25N3. The molecule has 0 radical (unpaired) electrons. The maximum absolute atomic E-state index is 4.87. The molecule has 1 aliphatic rings. The molecule has 3 unspecified atom stereocenters. The van der Waals surface area contributed by atoms with Gasteiger partial charge in [-0.25, -0.2) is 4.98 Å². The maximum Gasteiger partial charge on any atom is 0.110 e. The first-order valence-corrected chi connectivity index (χ1v) is 7.86. The Kier molecular flexibility index (Phi) is 3.79. The molecule has 20 heavy (non-hydrogen) atoms. The highest BCUT2D eigenvalue weighted by Crippen LogP contribution is 2.34. The summed E-state index contributed by atoms with van der Waals surface area (Å²) in [7, 11) is 2.09. The minimum atomic E-state index is 0.680. The van der Waals surface area contributed by atoms with E-state index in [9.17, 15) is 0 Å². The van der Waals surface area contributed by atoms with E-state index in [-0.39, 0.29) is 0 Å². The molecule has 1 N–H and O–H groups in total. The molecule has 3 rings (SSSR count). The number of rotatable bonds is 4. The predicted octanol–water partition coefficient (Wildman–Crippen LogP) is 3.23. The van der Waals surface area contributed by atoms with Crippen molar-refractivity contribution >= 4 is 11.0 Å². The first-order chi connectivity index (χ1) is 9.74. The molecular weight excluding hydrogens is 246 g/mol. The largest absolute Gasteiger partial charge is 0.328 e. The van der Waals surface area contributed by atoms with Crippen molar-refractivity contribution in [2.24, 2.45) is 11.8 Å². The fourth-order valence-corrected chi connectivity index (χ4v) is 3.81. The number of imidazole rings is 1. The average Bonchev–Trinajstić information content (AvgIpc) is 3.00. The molecule has 0 bridgehead atoms. The first-order valence-electron chi connectivity index (χ1n) is 7.86. The van der Waals surface area contributed by atoms with Crippen LogP contribution in [-0.4, -0.2) is 22.6 Å². The molecule has 0 spiro atoms. The van der Waals surface area contributed by atoms with Crippen LogP contribution in [-0.2, 0) is 13.0 Å². The number of hydrogen-bond acceptors (Lipinski definition) is 2. The third kappa shape index (κ3) is 2.24. The monoisotopic (exact) mass is 271 g/mol. The molecule has 3 heteroatoms. The number of para-hydroxylation sites is 2. The SMILES string of the molecule is CCn1c(CC2CCC(NC)C2C)nc2ccccc21. The van der Waals surface area contributed by atoms with E-state index >= 15 is 0 Å². The number of aromatic nitrogens is 2. The lowest BCUT2D eigenvalue weighted by molar-refractivity contribution is 0.356. The van der Waals surface area contributed by atoms with Crippen molar-refractivity contribution in [3.05, 3.63) is 30.1 Å². The highest BCUT2D eigenvalue weighted by molar-refractivity contribution is 5.75. The smallest absolute Gasteiger partial charge is 0.110 e. The minimum Gasteiger partial charge on any atom is -0.328 e. The van der Waals surface area contributed by atoms with Gasteiger partial charge in [0.25, 0.3) is 0 Å². The summed E-state index contributed by atoms with van der Waals surface area (Å²) in [5.74, 6) is 2.77. The first kappa shape index (κ1) is 13.6. The Morgan fingerprint density at radius 3 is 2.80 bits per heavy atom. The lowest BCUT2D eigenvalue weighted by atomic mass is 9.92. The van der Waals surface area contributed by atoms with Crippen LogP contribution < -0.4 is 5.32 Å². The topological polar surface area (TPSA) is 29.9 Å². The van der Waals surface area contributed by atoms with Gasteiger partial charge in [0.1, 0.15) is 5.82 Å². The second kappa shape index (κ2) is 5.57. The molecule has 3 atom stereocenters. The predicted molar refractivity (Wildman–Crippen MR) is 83.8 cm³/mol. The fraction of sp³-hybridized carbons (Fsp3) is 0.588. The van der Waals surface area contributed by atoms with Gasteiger partial charge in [0.2, 0.25) is 0 Å². The van der Waals surface area contributed by atoms with E-state index in [1.807, 2.05) is 0 Å². The highest BCUT2D eigenvalue weighted by Gasteiger charge is 2.32. The van der Waals surface area contributed by atoms with Gasteiger partial charge in [-0.1, -0.05) is 19.1 Å². The van der Waals surface area contributed by atoms with Gasteiger partial charge >= 0.3 is 0 Å². The molecule has 108 valence electrons. The number of nitrogens with one attached hydrogen (secondary N) is 1. The second-order valence-corrected chi connectivity index (χ2v) is 6.06. The van der Waals surface area contributed by atoms with Crippen molar-refractivity contribution in [2.75, 3.05) is 7.05 Å². The number of aryl methyl sites for hydroxylation is 1. The number of fused-ring (bicyclic) bond motifs is 1. The molecule has 1 aliphatic carbocycles. The van der Waals surface area contributed by atoms with Crippen LogP contribution >= 0.6 is 0 Å². The van der Waals surface area contributed by atoms with E-state index in [4.69, 9.17) is 4.98 Å². The van der Waals surface area contributed by atoms with Crippen molar-refractivity contribution in [3.8, 4) is 0 Å². The van der Waals surface area contributed by atoms with Crippen LogP contribution in [0, 0.1) is 11.8 Å². The third-order valence-corrected chi connectivity index (χ3v) is 5.09. The normalized spacial score (nSPS) is 26.4. The van der Waals surface area contributed by atoms with Gasteiger partial charge in [-0.2, -0.15) is 0 Å². The summed E-state index contributed by atoms with van der Waals surface area (Å²) in [6.07, 6.45) is 3.73. The molecule has 1 aromatic heterocycles. The Hall–Kier alpha value is -1.35. The van der Waals surface area contributed by atoms with Gasteiger partial charge in [-0.3, -0.25) is 0 Å². The quantitative estimate of drug-likeness (QED) is 0.925. The maximum atomic E-state index is 4.87. The zero-order chi connectivity index (χ0) is 14.1. The van der Waals surface area contributed by atoms with Crippen molar-refractivity contribution < 1.29 is 0 Å². The summed E-state index contributed by atoms with van der Waals surface area (Å²) in [5.41, 5.74) is 2.42. The molecule has 1 fully saturated rings. The molecule has 1 aromatic carbocycles. The molecule has 2 aromatic rings. The van der Waals surface area contributed by atoms with Gasteiger partial charge in [-0.15, -0.1) is 0 Å². The van der Waals surface area contributed by atoms with Crippen molar-refractivity contribution in [1.29, 1.82) is 0 Å². The molecule has 0 aliphatic heterocycles. The van der Waals surface area contributed by atoms with Crippen molar-refractivity contribution in [1.82, 2.24) is 14.9 Å². The van der Waals surface area contributed by atoms with Crippen LogP contribution in [0.4, 0.5) is 0 Å². The van der Waals surface area contributed by atoms with Crippen molar-refractivity contribution in [3.63, 3.8) is 0 Å². The van der Waals surface area contributed by atoms with Crippen molar-refractivity contribution in [2.45, 2.75) is 45.7 Å². The number of nitrogens with zero attached hydrogens (tertiary/aromatic N) is 2. The Morgan fingerprint density at radius 1 is 1.30 bits per heavy atom. The average molecular weight is 271 g/mol. The van der Waals surface area contributed by atoms with Gasteiger partial charge < -0.3 is 9.88 Å². The van der Waals surface area contributed by atoms with E-state index in [2.05, 4.69) is 55.0 Å². The standard InChI is InChI=1S/C17H25N3/c1-4-20-16-8-6-5-7-15(16)19-17(20)11-13-9-10-14(18-3)12(13)2/h5-8,12-14,18H,4,9-11H2,1-3H3. The number of benzene rings is 1. The Balaban J connectivity index is 1.88. The van der Waals surface area contributed by atoms with Crippen LogP contribution in [0.5, 0.6) is 0 Å². The van der Waals surface area contributed by atoms with E-state index in [0.29, 0.717) is 6.04 Å². The van der Waals surface area contributed by atoms with Gasteiger partial charge in [-0.05, 0) is 50.8 Å². The van der Waals surface area contributed by atoms with Crippen LogP contribution in [0.15, 0.2) is 24.3 Å². The third-order valence-electron chi connectivity index (χ3n) is 5.09. The van der Waals surface area contributed by atoms with E-state index < -0.39 is 0 Å². The Labute approximate surface area is 121 Å². The summed E-state index contributed by atoms with van der Waals surface area (Å²) >= 11 is 0. The Bertz CT molecular complexity index is 587. The van der Waals surface area contributed by atoms with Gasteiger partial charge in [0.05, 0.1) is 11.0 Å². The molecule has 1 saturated carbocycles. The minimum absolute atomic E-state index is 0.680. The summed E-state index contributed by atoms with van der Waals surface area (Å²) in [4.78, 5) is 4.87. The molecule has 0 saturated heterocycles. The second-order valence-electron chi connectivity index (χ2n) is 6.06. The highest BCUT2D eigenvalue weighted by atomic mass is 15.1. The van der Waals surface area contributed by atoms with E-state index in [0.717, 1.165) is 30.3 Å². The molecule has 1 heterocycles. The number of hydrogen-bond donors (Lipinski definition) is 1. The summed E-state index contributed by atoms with van der Waals surface area (Å²) in [6, 6.07) is 9.17. The van der Waals surface area contributed by atoms with Gasteiger partial charge in [0, 0.05) is 19.0 Å². The van der Waals surface area contributed by atoms with Crippen LogP contribution in [0.25, 0.3) is 11.0 Å². The lowest BCUT2D eigenvalue weighted by Gasteiger charge is -2.20. The van der Waals surface area contributed by atoms with Crippen LogP contribution in [0.1, 0.15) is 32.5 Å². The lowest BCUT2D eigenvalue weighted by Crippen LogP contribution is -2.30. The molecule has 0 amide bonds. The summed E-state index contributed by atoms with van der Waals surface area (Å²) in [6.45, 7) is 5.61. The summed E-state index contributed by atoms with van der Waals surface area (Å²) in [5, 5.41) is 3.46. The Morgan fingerprint density at radius 2 is 2.10 bits per heavy atom. The zero-order valence-electron chi connectivity index (χ0n) is 12.8. The van der Waals surface area contributed by atoms with Crippen LogP contribution in [0.2, 0.25) is 0 Å².